The average molecular weight is 438 g/mol. The third-order valence-electron chi connectivity index (χ3n) is 6.02. The maximum atomic E-state index is 12.6. The van der Waals surface area contributed by atoms with E-state index in [9.17, 15) is 18.0 Å². The number of hydrogen-bond acceptors (Lipinski definition) is 7. The van der Waals surface area contributed by atoms with E-state index < -0.39 is 38.7 Å². The first-order valence-electron chi connectivity index (χ1n) is 10.5. The summed E-state index contributed by atoms with van der Waals surface area (Å²) >= 11 is 0. The molecule has 166 valence electrons. The van der Waals surface area contributed by atoms with Gasteiger partial charge in [-0.15, -0.1) is 0 Å². The lowest BCUT2D eigenvalue weighted by atomic mass is 9.90. The Morgan fingerprint density at radius 2 is 2.03 bits per heavy atom. The van der Waals surface area contributed by atoms with Crippen molar-refractivity contribution < 1.29 is 27.5 Å². The smallest absolute Gasteiger partial charge is 0.333 e. The van der Waals surface area contributed by atoms with Crippen LogP contribution in [0, 0.1) is 5.92 Å². The predicted octanol–water partition coefficient (Wildman–Crippen LogP) is 2.54. The highest BCUT2D eigenvalue weighted by Gasteiger charge is 2.52. The Hall–Kier alpha value is -2.09. The van der Waals surface area contributed by atoms with Crippen LogP contribution in [0.25, 0.3) is 0 Å². The highest BCUT2D eigenvalue weighted by Crippen LogP contribution is 2.40. The van der Waals surface area contributed by atoms with Crippen LogP contribution in [0.4, 0.5) is 0 Å². The number of esters is 2. The third-order valence-corrected chi connectivity index (χ3v) is 8.08. The fourth-order valence-electron chi connectivity index (χ4n) is 4.28. The van der Waals surface area contributed by atoms with Crippen molar-refractivity contribution in [2.45, 2.75) is 63.9 Å². The quantitative estimate of drug-likeness (QED) is 0.343. The van der Waals surface area contributed by atoms with Crippen molar-refractivity contribution >= 4 is 21.8 Å². The zero-order valence-electron chi connectivity index (χ0n) is 18.1. The Labute approximate surface area is 178 Å². The van der Waals surface area contributed by atoms with Gasteiger partial charge in [-0.1, -0.05) is 31.6 Å². The number of ether oxygens (including phenoxy) is 2. The molecule has 3 heterocycles. The van der Waals surface area contributed by atoms with E-state index in [0.29, 0.717) is 5.70 Å². The van der Waals surface area contributed by atoms with Crippen LogP contribution in [-0.4, -0.2) is 61.1 Å². The molecule has 0 amide bonds. The molecule has 3 rings (SSSR count). The summed E-state index contributed by atoms with van der Waals surface area (Å²) in [6.07, 6.45) is 7.33. The topological polar surface area (TPSA) is 90.0 Å². The van der Waals surface area contributed by atoms with Crippen LogP contribution in [0.1, 0.15) is 47.0 Å². The normalized spacial score (nSPS) is 29.3. The summed E-state index contributed by atoms with van der Waals surface area (Å²) in [4.78, 5) is 26.9. The molecule has 0 aliphatic carbocycles. The van der Waals surface area contributed by atoms with Crippen molar-refractivity contribution in [1.82, 2.24) is 4.90 Å². The van der Waals surface area contributed by atoms with Gasteiger partial charge in [-0.2, -0.15) is 0 Å². The van der Waals surface area contributed by atoms with Crippen LogP contribution in [-0.2, 0) is 28.9 Å². The van der Waals surface area contributed by atoms with E-state index in [2.05, 4.69) is 4.90 Å². The molecule has 0 saturated carbocycles. The van der Waals surface area contributed by atoms with Gasteiger partial charge in [0.25, 0.3) is 0 Å². The molecule has 3 atom stereocenters. The van der Waals surface area contributed by atoms with Gasteiger partial charge in [0.15, 0.2) is 15.4 Å². The van der Waals surface area contributed by atoms with Crippen LogP contribution in [0.2, 0.25) is 0 Å². The number of nitrogens with zero attached hydrogens (tertiary/aromatic N) is 1. The second-order valence-corrected chi connectivity index (χ2v) is 11.0. The molecule has 1 fully saturated rings. The Bertz CT molecular complexity index is 895. The van der Waals surface area contributed by atoms with E-state index in [0.717, 1.165) is 31.5 Å². The van der Waals surface area contributed by atoms with E-state index in [1.807, 2.05) is 13.8 Å². The van der Waals surface area contributed by atoms with Crippen molar-refractivity contribution in [3.8, 4) is 0 Å². The van der Waals surface area contributed by atoms with Gasteiger partial charge in [0.2, 0.25) is 0 Å². The minimum absolute atomic E-state index is 0.0251. The molecule has 1 saturated heterocycles. The van der Waals surface area contributed by atoms with Crippen LogP contribution in [0.3, 0.4) is 0 Å². The van der Waals surface area contributed by atoms with Gasteiger partial charge in [-0.3, -0.25) is 0 Å². The van der Waals surface area contributed by atoms with Crippen molar-refractivity contribution in [1.29, 1.82) is 0 Å². The summed E-state index contributed by atoms with van der Waals surface area (Å²) in [5.74, 6) is -0.935. The minimum Gasteiger partial charge on any atom is -0.454 e. The molecule has 0 aromatic heterocycles. The van der Waals surface area contributed by atoms with Gasteiger partial charge in [-0.25, -0.2) is 18.0 Å². The maximum absolute atomic E-state index is 12.6. The lowest BCUT2D eigenvalue weighted by Gasteiger charge is -2.38. The molecule has 0 aromatic rings. The summed E-state index contributed by atoms with van der Waals surface area (Å²) in [7, 11) is -3.37. The molecule has 0 N–H and O–H groups in total. The van der Waals surface area contributed by atoms with Crippen LogP contribution < -0.4 is 0 Å². The molecule has 0 radical (unpaired) electrons. The summed E-state index contributed by atoms with van der Waals surface area (Å²) in [5.41, 5.74) is 0.155. The van der Waals surface area contributed by atoms with Crippen LogP contribution >= 0.6 is 0 Å². The highest BCUT2D eigenvalue weighted by atomic mass is 32.2. The van der Waals surface area contributed by atoms with E-state index in [4.69, 9.17) is 9.47 Å². The number of carbonyl (C=O) groups excluding carboxylic acids is 2. The standard InChI is InChI=1S/C22H31NO6S/c1-15(2)7-8-20(24)28-19(13-17-16(3)9-12-30(17,26)27)22(4)18(14-21(25)29-22)23-10-5-6-11-23/h7-9,14-15,17,19H,5-6,10-13H2,1-4H3/b8-7+/t17?,19-,22-/m0/s1. The first-order valence-corrected chi connectivity index (χ1v) is 12.2. The van der Waals surface area contributed by atoms with Gasteiger partial charge in [0, 0.05) is 31.7 Å². The van der Waals surface area contributed by atoms with Crippen LogP contribution in [0.5, 0.6) is 0 Å². The molecule has 0 aromatic carbocycles. The summed E-state index contributed by atoms with van der Waals surface area (Å²) in [6, 6.07) is 0. The number of hydrogen-bond donors (Lipinski definition) is 0. The second-order valence-electron chi connectivity index (χ2n) is 8.78. The van der Waals surface area contributed by atoms with Crippen molar-refractivity contribution in [3.05, 3.63) is 35.6 Å². The molecular weight excluding hydrogens is 406 g/mol. The molecule has 0 bridgehead atoms. The number of allylic oxidation sites excluding steroid dienone is 1. The molecule has 30 heavy (non-hydrogen) atoms. The molecule has 1 unspecified atom stereocenters. The van der Waals surface area contributed by atoms with Crippen molar-refractivity contribution in [2.24, 2.45) is 5.92 Å². The molecule has 3 aliphatic rings. The SMILES string of the molecule is CC1=CCS(=O)(=O)C1C[C@H](OC(=O)/C=C/C(C)C)[C@@]1(C)OC(=O)C=C1N1CCCC1. The summed E-state index contributed by atoms with van der Waals surface area (Å²) in [6.45, 7) is 8.93. The Kier molecular flexibility index (Phi) is 6.45. The molecule has 7 nitrogen and oxygen atoms in total. The fourth-order valence-corrected chi connectivity index (χ4v) is 6.14. The first kappa shape index (κ1) is 22.6. The van der Waals surface area contributed by atoms with Gasteiger partial charge in [-0.05, 0) is 32.6 Å². The largest absolute Gasteiger partial charge is 0.454 e. The van der Waals surface area contributed by atoms with E-state index in [1.165, 1.54) is 12.2 Å². The molecule has 8 heteroatoms. The van der Waals surface area contributed by atoms with E-state index >= 15 is 0 Å². The van der Waals surface area contributed by atoms with Gasteiger partial charge >= 0.3 is 11.9 Å². The predicted molar refractivity (Wildman–Crippen MR) is 113 cm³/mol. The fraction of sp³-hybridized carbons (Fsp3) is 0.636. The third kappa shape index (κ3) is 4.63. The van der Waals surface area contributed by atoms with Gasteiger partial charge < -0.3 is 14.4 Å². The van der Waals surface area contributed by atoms with Crippen LogP contribution in [0.15, 0.2) is 35.6 Å². The van der Waals surface area contributed by atoms with Crippen molar-refractivity contribution in [3.63, 3.8) is 0 Å². The summed E-state index contributed by atoms with van der Waals surface area (Å²) in [5, 5.41) is -0.764. The van der Waals surface area contributed by atoms with Gasteiger partial charge in [0.05, 0.1) is 16.7 Å². The number of likely N-dealkylation sites (tertiary alicyclic amines) is 1. The maximum Gasteiger partial charge on any atom is 0.333 e. The Morgan fingerprint density at radius 3 is 2.60 bits per heavy atom. The van der Waals surface area contributed by atoms with E-state index in [-0.39, 0.29) is 18.1 Å². The number of sulfone groups is 1. The lowest BCUT2D eigenvalue weighted by molar-refractivity contribution is -0.170. The average Bonchev–Trinajstić information content (AvgIpc) is 3.34. The van der Waals surface area contributed by atoms with Crippen molar-refractivity contribution in [2.75, 3.05) is 18.8 Å². The Morgan fingerprint density at radius 1 is 1.37 bits per heavy atom. The molecular formula is C22H31NO6S. The number of carbonyl (C=O) groups is 2. The van der Waals surface area contributed by atoms with E-state index in [1.54, 1.807) is 26.0 Å². The second kappa shape index (κ2) is 8.57. The monoisotopic (exact) mass is 437 g/mol. The molecule has 0 spiro atoms. The zero-order valence-corrected chi connectivity index (χ0v) is 18.9. The number of cyclic esters (lactones) is 1. The molecule has 3 aliphatic heterocycles. The number of rotatable bonds is 7. The van der Waals surface area contributed by atoms with Gasteiger partial charge in [0.1, 0.15) is 6.10 Å². The Balaban J connectivity index is 1.93. The lowest BCUT2D eigenvalue weighted by Crippen LogP contribution is -2.50. The first-order chi connectivity index (χ1) is 14.0. The summed E-state index contributed by atoms with van der Waals surface area (Å²) < 4.78 is 36.6. The highest BCUT2D eigenvalue weighted by molar-refractivity contribution is 7.92. The zero-order chi connectivity index (χ0) is 22.1. The minimum atomic E-state index is -3.37.